The number of hydrogen-bond donors (Lipinski definition) is 1. The minimum atomic E-state index is -3.23. The lowest BCUT2D eigenvalue weighted by molar-refractivity contribution is 0.162. The van der Waals surface area contributed by atoms with Gasteiger partial charge in [-0.05, 0) is 17.0 Å². The second-order valence-corrected chi connectivity index (χ2v) is 10.8. The van der Waals surface area contributed by atoms with Crippen molar-refractivity contribution in [2.24, 2.45) is 0 Å². The molecule has 3 atom stereocenters. The second kappa shape index (κ2) is 9.47. The summed E-state index contributed by atoms with van der Waals surface area (Å²) in [6.45, 7) is 2.07. The summed E-state index contributed by atoms with van der Waals surface area (Å²) in [7, 11) is -3.23. The van der Waals surface area contributed by atoms with Crippen LogP contribution in [0.15, 0.2) is 121 Å². The molecule has 4 rings (SSSR count). The molecule has 0 spiro atoms. The Bertz CT molecular complexity index is 1040. The first kappa shape index (κ1) is 21.3. The Morgan fingerprint density at radius 3 is 1.35 bits per heavy atom. The molecule has 1 unspecified atom stereocenters. The van der Waals surface area contributed by atoms with Gasteiger partial charge >= 0.3 is 0 Å². The van der Waals surface area contributed by atoms with Gasteiger partial charge in [0.15, 0.2) is 0 Å². The van der Waals surface area contributed by atoms with Crippen LogP contribution in [-0.4, -0.2) is 10.8 Å². The van der Waals surface area contributed by atoms with Gasteiger partial charge in [-0.3, -0.25) is 0 Å². The van der Waals surface area contributed by atoms with Gasteiger partial charge in [-0.25, -0.2) is 0 Å². The molecule has 0 amide bonds. The molecule has 3 heteroatoms. The molecule has 0 heterocycles. The molecule has 0 bridgehead atoms. The minimum absolute atomic E-state index is 0.136. The van der Waals surface area contributed by atoms with Gasteiger partial charge in [0.25, 0.3) is 0 Å². The van der Waals surface area contributed by atoms with Crippen LogP contribution < -0.4 is 10.6 Å². The number of hydrogen-bond acceptors (Lipinski definition) is 2. The van der Waals surface area contributed by atoms with Gasteiger partial charge in [0.05, 0.1) is 11.8 Å². The van der Waals surface area contributed by atoms with Gasteiger partial charge < -0.3 is 9.67 Å². The highest BCUT2D eigenvalue weighted by molar-refractivity contribution is 7.79. The maximum absolute atomic E-state index is 15.2. The Morgan fingerprint density at radius 1 is 0.581 bits per heavy atom. The first-order valence-electron chi connectivity index (χ1n) is 10.6. The first-order chi connectivity index (χ1) is 15.1. The molecule has 0 aromatic heterocycles. The molecule has 156 valence electrons. The summed E-state index contributed by atoms with van der Waals surface area (Å²) in [4.78, 5) is 0. The largest absolute Gasteiger partial charge is 0.388 e. The van der Waals surface area contributed by atoms with Crippen molar-refractivity contribution in [2.45, 2.75) is 24.6 Å². The van der Waals surface area contributed by atoms with Gasteiger partial charge in [-0.1, -0.05) is 128 Å². The predicted molar refractivity (Wildman–Crippen MR) is 130 cm³/mol. The Kier molecular flexibility index (Phi) is 6.51. The van der Waals surface area contributed by atoms with Crippen LogP contribution in [0.1, 0.15) is 30.1 Å². The highest BCUT2D eigenvalue weighted by atomic mass is 31.2. The van der Waals surface area contributed by atoms with E-state index in [0.717, 1.165) is 21.7 Å². The van der Waals surface area contributed by atoms with E-state index >= 15 is 4.57 Å². The SMILES string of the molecule is C[C@H](c1ccccc1)[C@H](C(O)c1ccccc1)P(=O)(c1ccccc1)c1ccccc1. The van der Waals surface area contributed by atoms with Crippen molar-refractivity contribution in [3.63, 3.8) is 0 Å². The highest BCUT2D eigenvalue weighted by Gasteiger charge is 2.44. The van der Waals surface area contributed by atoms with E-state index in [-0.39, 0.29) is 5.92 Å². The molecule has 0 aliphatic rings. The standard InChI is InChI=1S/C28H27O2P/c1-22(23-14-6-2-7-15-23)28(27(29)24-16-8-3-9-17-24)31(30,25-18-10-4-11-19-25)26-20-12-5-13-21-26/h2-22,27-29H,1H3/t22-,27?,28-/m1/s1. The van der Waals surface area contributed by atoms with E-state index < -0.39 is 18.9 Å². The van der Waals surface area contributed by atoms with Gasteiger partial charge in [-0.15, -0.1) is 0 Å². The summed E-state index contributed by atoms with van der Waals surface area (Å²) in [5.74, 6) is -0.136. The molecule has 31 heavy (non-hydrogen) atoms. The van der Waals surface area contributed by atoms with E-state index in [1.54, 1.807) is 0 Å². The zero-order valence-electron chi connectivity index (χ0n) is 17.6. The van der Waals surface area contributed by atoms with Crippen LogP contribution >= 0.6 is 7.14 Å². The van der Waals surface area contributed by atoms with Crippen LogP contribution in [0.5, 0.6) is 0 Å². The summed E-state index contributed by atoms with van der Waals surface area (Å²) in [6.07, 6.45) is -0.886. The van der Waals surface area contributed by atoms with E-state index in [2.05, 4.69) is 19.1 Å². The van der Waals surface area contributed by atoms with Crippen LogP contribution in [0.2, 0.25) is 0 Å². The highest BCUT2D eigenvalue weighted by Crippen LogP contribution is 2.57. The molecule has 0 aliphatic carbocycles. The van der Waals surface area contributed by atoms with Crippen molar-refractivity contribution in [3.05, 3.63) is 132 Å². The van der Waals surface area contributed by atoms with Crippen LogP contribution in [0.4, 0.5) is 0 Å². The molecule has 0 saturated carbocycles. The zero-order chi connectivity index (χ0) is 21.7. The number of aliphatic hydroxyl groups excluding tert-OH is 1. The minimum Gasteiger partial charge on any atom is -0.388 e. The van der Waals surface area contributed by atoms with E-state index in [9.17, 15) is 5.11 Å². The molecule has 4 aromatic carbocycles. The fourth-order valence-corrected chi connectivity index (χ4v) is 7.97. The van der Waals surface area contributed by atoms with Crippen molar-refractivity contribution in [3.8, 4) is 0 Å². The maximum atomic E-state index is 15.2. The van der Waals surface area contributed by atoms with Crippen molar-refractivity contribution >= 4 is 17.8 Å². The fourth-order valence-electron chi connectivity index (χ4n) is 4.38. The van der Waals surface area contributed by atoms with Gasteiger partial charge in [0.2, 0.25) is 0 Å². The molecular formula is C28H27O2P. The third-order valence-electron chi connectivity index (χ3n) is 6.00. The summed E-state index contributed by atoms with van der Waals surface area (Å²) in [6, 6.07) is 38.9. The fraction of sp³-hybridized carbons (Fsp3) is 0.143. The topological polar surface area (TPSA) is 37.3 Å². The van der Waals surface area contributed by atoms with E-state index in [4.69, 9.17) is 0 Å². The average molecular weight is 426 g/mol. The van der Waals surface area contributed by atoms with Crippen molar-refractivity contribution in [2.75, 3.05) is 0 Å². The number of benzene rings is 4. The molecular weight excluding hydrogens is 399 g/mol. The monoisotopic (exact) mass is 426 g/mol. The Morgan fingerprint density at radius 2 is 0.935 bits per heavy atom. The normalized spacial score (nSPS) is 14.5. The summed E-state index contributed by atoms with van der Waals surface area (Å²) in [5, 5.41) is 13.2. The molecule has 0 aliphatic heterocycles. The smallest absolute Gasteiger partial charge is 0.149 e. The Hall–Kier alpha value is -2.93. The van der Waals surface area contributed by atoms with E-state index in [1.165, 1.54) is 0 Å². The molecule has 1 N–H and O–H groups in total. The lowest BCUT2D eigenvalue weighted by Crippen LogP contribution is -2.34. The summed E-state index contributed by atoms with van der Waals surface area (Å²) >= 11 is 0. The van der Waals surface area contributed by atoms with Gasteiger partial charge in [0, 0.05) is 10.6 Å². The third-order valence-corrected chi connectivity index (χ3v) is 9.70. The maximum Gasteiger partial charge on any atom is 0.149 e. The van der Waals surface area contributed by atoms with Crippen LogP contribution in [-0.2, 0) is 4.57 Å². The van der Waals surface area contributed by atoms with Crippen LogP contribution in [0.25, 0.3) is 0 Å². The summed E-state index contributed by atoms with van der Waals surface area (Å²) < 4.78 is 15.2. The second-order valence-electron chi connectivity index (χ2n) is 7.87. The number of rotatable bonds is 7. The average Bonchev–Trinajstić information content (AvgIpc) is 2.86. The first-order valence-corrected chi connectivity index (χ1v) is 12.4. The molecule has 4 aromatic rings. The molecule has 0 radical (unpaired) electrons. The zero-order valence-corrected chi connectivity index (χ0v) is 18.5. The van der Waals surface area contributed by atoms with E-state index in [0.29, 0.717) is 0 Å². The quantitative estimate of drug-likeness (QED) is 0.373. The summed E-state index contributed by atoms with van der Waals surface area (Å²) in [5.41, 5.74) is 1.32. The predicted octanol–water partition coefficient (Wildman–Crippen LogP) is 5.91. The lowest BCUT2D eigenvalue weighted by Gasteiger charge is -2.36. The van der Waals surface area contributed by atoms with Crippen molar-refractivity contribution < 1.29 is 9.67 Å². The Balaban J connectivity index is 1.96. The molecule has 0 fully saturated rings. The van der Waals surface area contributed by atoms with Crippen molar-refractivity contribution in [1.82, 2.24) is 0 Å². The molecule has 0 saturated heterocycles. The lowest BCUT2D eigenvalue weighted by atomic mass is 9.91. The van der Waals surface area contributed by atoms with Gasteiger partial charge in [-0.2, -0.15) is 0 Å². The van der Waals surface area contributed by atoms with Crippen LogP contribution in [0.3, 0.4) is 0 Å². The number of aliphatic hydroxyl groups is 1. The Labute approximate surface area is 184 Å². The molecule has 2 nitrogen and oxygen atoms in total. The van der Waals surface area contributed by atoms with Gasteiger partial charge in [0.1, 0.15) is 7.14 Å². The van der Waals surface area contributed by atoms with Crippen LogP contribution in [0, 0.1) is 0 Å². The van der Waals surface area contributed by atoms with Crippen molar-refractivity contribution in [1.29, 1.82) is 0 Å². The van der Waals surface area contributed by atoms with E-state index in [1.807, 2.05) is 109 Å². The third kappa shape index (κ3) is 4.28.